The molecule has 0 spiro atoms. The van der Waals surface area contributed by atoms with Gasteiger partial charge in [0.2, 0.25) is 5.95 Å². The van der Waals surface area contributed by atoms with Gasteiger partial charge in [-0.1, -0.05) is 12.1 Å². The summed E-state index contributed by atoms with van der Waals surface area (Å²) in [6.07, 6.45) is -4.52. The van der Waals surface area contributed by atoms with Crippen LogP contribution in [0.5, 0.6) is 0 Å². The molecule has 1 amide bonds. The summed E-state index contributed by atoms with van der Waals surface area (Å²) in [6.45, 7) is 6.42. The first-order chi connectivity index (χ1) is 18.3. The topological polar surface area (TPSA) is 70.6 Å². The summed E-state index contributed by atoms with van der Waals surface area (Å²) in [4.78, 5) is 27.0. The van der Waals surface area contributed by atoms with Gasteiger partial charge >= 0.3 is 6.18 Å². The summed E-state index contributed by atoms with van der Waals surface area (Å²) >= 11 is 1.91. The fourth-order valence-electron chi connectivity index (χ4n) is 4.43. The van der Waals surface area contributed by atoms with Gasteiger partial charge in [-0.25, -0.2) is 4.98 Å². The third kappa shape index (κ3) is 6.05. The summed E-state index contributed by atoms with van der Waals surface area (Å²) in [5, 5.41) is 2.74. The van der Waals surface area contributed by atoms with Crippen LogP contribution in [-0.2, 0) is 10.9 Å². The van der Waals surface area contributed by atoms with E-state index in [1.165, 1.54) is 12.1 Å². The molecular formula is C27H28F3N5O2S. The second kappa shape index (κ2) is 11.2. The minimum absolute atomic E-state index is 0.0659. The number of ether oxygens (including phenoxy) is 1. The van der Waals surface area contributed by atoms with E-state index in [-0.39, 0.29) is 5.56 Å². The van der Waals surface area contributed by atoms with Gasteiger partial charge in [-0.05, 0) is 42.8 Å². The number of nitrogens with one attached hydrogen (secondary N) is 1. The molecule has 0 unspecified atom stereocenters. The Hall–Kier alpha value is -3.31. The number of benzene rings is 2. The van der Waals surface area contributed by atoms with Crippen LogP contribution in [-0.4, -0.2) is 66.8 Å². The van der Waals surface area contributed by atoms with Crippen molar-refractivity contribution in [3.63, 3.8) is 0 Å². The number of aromatic nitrogens is 2. The highest BCUT2D eigenvalue weighted by atomic mass is 32.2. The lowest BCUT2D eigenvalue weighted by Crippen LogP contribution is -2.38. The number of hydrogen-bond donors (Lipinski definition) is 1. The average Bonchev–Trinajstić information content (AvgIpc) is 2.94. The molecule has 3 aromatic rings. The number of carbonyl (C=O) groups is 1. The van der Waals surface area contributed by atoms with Crippen LogP contribution in [0.15, 0.2) is 48.5 Å². The van der Waals surface area contributed by atoms with E-state index in [4.69, 9.17) is 14.7 Å². The monoisotopic (exact) mass is 543 g/mol. The maximum Gasteiger partial charge on any atom is 0.416 e. The first-order valence-corrected chi connectivity index (χ1v) is 13.6. The fourth-order valence-corrected chi connectivity index (χ4v) is 5.34. The van der Waals surface area contributed by atoms with Crippen molar-refractivity contribution in [1.82, 2.24) is 9.97 Å². The van der Waals surface area contributed by atoms with Crippen molar-refractivity contribution in [2.24, 2.45) is 0 Å². The van der Waals surface area contributed by atoms with E-state index in [1.54, 1.807) is 6.07 Å². The van der Waals surface area contributed by atoms with Crippen LogP contribution in [0.3, 0.4) is 0 Å². The standard InChI is InChI=1S/C27H28F3N5O2S/c1-18-5-6-21(31-25(36)19-3-2-4-20(15-19)27(28,29)30)16-22(18)23-17-24(34-7-11-37-12-8-34)33-26(32-23)35-9-13-38-14-10-35/h2-6,15-17H,7-14H2,1H3,(H,31,36). The zero-order valence-electron chi connectivity index (χ0n) is 20.9. The molecule has 2 saturated heterocycles. The molecule has 1 N–H and O–H groups in total. The van der Waals surface area contributed by atoms with E-state index in [9.17, 15) is 18.0 Å². The van der Waals surface area contributed by atoms with Crippen LogP contribution in [0.25, 0.3) is 11.3 Å². The maximum atomic E-state index is 13.1. The predicted molar refractivity (Wildman–Crippen MR) is 144 cm³/mol. The zero-order chi connectivity index (χ0) is 26.7. The smallest absolute Gasteiger partial charge is 0.378 e. The molecule has 38 heavy (non-hydrogen) atoms. The van der Waals surface area contributed by atoms with Crippen LogP contribution in [0, 0.1) is 6.92 Å². The molecule has 0 atom stereocenters. The Bertz CT molecular complexity index is 1270. The molecule has 3 heterocycles. The Morgan fingerprint density at radius 2 is 1.74 bits per heavy atom. The van der Waals surface area contributed by atoms with Gasteiger partial charge in [-0.3, -0.25) is 4.79 Å². The maximum absolute atomic E-state index is 13.1. The lowest BCUT2D eigenvalue weighted by molar-refractivity contribution is -0.137. The number of morpholine rings is 1. The van der Waals surface area contributed by atoms with E-state index in [1.807, 2.05) is 36.9 Å². The molecule has 2 fully saturated rings. The lowest BCUT2D eigenvalue weighted by atomic mass is 10.0. The predicted octanol–water partition coefficient (Wildman–Crippen LogP) is 5.11. The Balaban J connectivity index is 1.47. The largest absolute Gasteiger partial charge is 0.416 e. The van der Waals surface area contributed by atoms with Crippen molar-refractivity contribution < 1.29 is 22.7 Å². The van der Waals surface area contributed by atoms with Crippen LogP contribution in [0.4, 0.5) is 30.6 Å². The number of thioether (sulfide) groups is 1. The number of amides is 1. The Morgan fingerprint density at radius 1 is 0.974 bits per heavy atom. The van der Waals surface area contributed by atoms with Crippen LogP contribution in [0.1, 0.15) is 21.5 Å². The van der Waals surface area contributed by atoms with Gasteiger partial charge in [0.15, 0.2) is 0 Å². The normalized spacial score (nSPS) is 16.4. The van der Waals surface area contributed by atoms with E-state index >= 15 is 0 Å². The van der Waals surface area contributed by atoms with E-state index in [2.05, 4.69) is 15.1 Å². The zero-order valence-corrected chi connectivity index (χ0v) is 21.7. The van der Waals surface area contributed by atoms with Gasteiger partial charge in [0.25, 0.3) is 5.91 Å². The van der Waals surface area contributed by atoms with Gasteiger partial charge in [-0.2, -0.15) is 29.9 Å². The van der Waals surface area contributed by atoms with Gasteiger partial charge in [0.05, 0.1) is 24.5 Å². The van der Waals surface area contributed by atoms with Crippen molar-refractivity contribution in [3.05, 3.63) is 65.2 Å². The third-order valence-corrected chi connectivity index (χ3v) is 7.50. The van der Waals surface area contributed by atoms with E-state index < -0.39 is 17.6 Å². The van der Waals surface area contributed by atoms with Crippen LogP contribution >= 0.6 is 11.8 Å². The Kier molecular flexibility index (Phi) is 7.75. The third-order valence-electron chi connectivity index (χ3n) is 6.55. The van der Waals surface area contributed by atoms with Crippen LogP contribution < -0.4 is 15.1 Å². The number of carbonyl (C=O) groups excluding carboxylic acids is 1. The van der Waals surface area contributed by atoms with E-state index in [0.29, 0.717) is 24.8 Å². The Morgan fingerprint density at radius 3 is 2.47 bits per heavy atom. The van der Waals surface area contributed by atoms with E-state index in [0.717, 1.165) is 72.5 Å². The molecule has 0 bridgehead atoms. The number of anilines is 3. The molecule has 200 valence electrons. The first-order valence-electron chi connectivity index (χ1n) is 12.4. The quantitative estimate of drug-likeness (QED) is 0.480. The highest BCUT2D eigenvalue weighted by Crippen LogP contribution is 2.32. The molecule has 0 aliphatic carbocycles. The summed E-state index contributed by atoms with van der Waals surface area (Å²) in [6, 6.07) is 11.8. The van der Waals surface area contributed by atoms with Crippen molar-refractivity contribution in [1.29, 1.82) is 0 Å². The lowest BCUT2D eigenvalue weighted by Gasteiger charge is -2.31. The molecule has 0 saturated carbocycles. The summed E-state index contributed by atoms with van der Waals surface area (Å²) < 4.78 is 44.9. The van der Waals surface area contributed by atoms with Crippen molar-refractivity contribution in [2.45, 2.75) is 13.1 Å². The Labute approximate surface area is 223 Å². The van der Waals surface area contributed by atoms with Crippen molar-refractivity contribution in [3.8, 4) is 11.3 Å². The van der Waals surface area contributed by atoms with Gasteiger partial charge in [0, 0.05) is 60.6 Å². The minimum Gasteiger partial charge on any atom is -0.378 e. The summed E-state index contributed by atoms with van der Waals surface area (Å²) in [5.41, 5.74) is 2.03. The SMILES string of the molecule is Cc1ccc(NC(=O)c2cccc(C(F)(F)F)c2)cc1-c1cc(N2CCOCC2)nc(N2CCSCC2)n1. The number of hydrogen-bond acceptors (Lipinski definition) is 7. The molecule has 1 aromatic heterocycles. The summed E-state index contributed by atoms with van der Waals surface area (Å²) in [7, 11) is 0. The molecule has 7 nitrogen and oxygen atoms in total. The molecule has 2 aliphatic heterocycles. The molecule has 0 radical (unpaired) electrons. The number of alkyl halides is 3. The van der Waals surface area contributed by atoms with Crippen LogP contribution in [0.2, 0.25) is 0 Å². The van der Waals surface area contributed by atoms with Gasteiger partial charge in [0.1, 0.15) is 5.82 Å². The second-order valence-electron chi connectivity index (χ2n) is 9.17. The molecule has 11 heteroatoms. The molecule has 5 rings (SSSR count). The molecule has 2 aliphatic rings. The number of nitrogens with zero attached hydrogens (tertiary/aromatic N) is 4. The summed E-state index contributed by atoms with van der Waals surface area (Å²) in [5.74, 6) is 2.90. The first kappa shape index (κ1) is 26.3. The number of aryl methyl sites for hydroxylation is 1. The minimum atomic E-state index is -4.52. The van der Waals surface area contributed by atoms with Crippen molar-refractivity contribution >= 4 is 35.1 Å². The fraction of sp³-hybridized carbons (Fsp3) is 0.370. The van der Waals surface area contributed by atoms with Crippen molar-refractivity contribution in [2.75, 3.05) is 66.0 Å². The molecule has 2 aromatic carbocycles. The highest BCUT2D eigenvalue weighted by molar-refractivity contribution is 7.99. The number of halogens is 3. The molecular weight excluding hydrogens is 515 g/mol. The van der Waals surface area contributed by atoms with Gasteiger partial charge < -0.3 is 19.9 Å². The second-order valence-corrected chi connectivity index (χ2v) is 10.4. The highest BCUT2D eigenvalue weighted by Gasteiger charge is 2.31. The average molecular weight is 544 g/mol. The van der Waals surface area contributed by atoms with Gasteiger partial charge in [-0.15, -0.1) is 0 Å². The number of rotatable bonds is 5.